The first-order chi connectivity index (χ1) is 9.35. The van der Waals surface area contributed by atoms with Crippen LogP contribution in [0.25, 0.3) is 10.2 Å². The maximum Gasteiger partial charge on any atom is 0.188 e. The van der Waals surface area contributed by atoms with E-state index in [0.717, 1.165) is 26.8 Å². The fraction of sp³-hybridized carbons (Fsp3) is 0.133. The first-order valence-electron chi connectivity index (χ1n) is 6.20. The topological polar surface area (TPSA) is 34.1 Å². The predicted octanol–water partition coefficient (Wildman–Crippen LogP) is 4.44. The summed E-state index contributed by atoms with van der Waals surface area (Å²) in [6, 6.07) is 16.0. The van der Waals surface area contributed by atoms with Gasteiger partial charge in [-0.2, -0.15) is 0 Å². The van der Waals surface area contributed by atoms with E-state index in [1.54, 1.807) is 11.3 Å². The molecule has 0 amide bonds. The fourth-order valence-corrected chi connectivity index (χ4v) is 2.77. The Kier molecular flexibility index (Phi) is 3.33. The Morgan fingerprint density at radius 1 is 1.16 bits per heavy atom. The van der Waals surface area contributed by atoms with Crippen molar-refractivity contribution in [1.82, 2.24) is 4.98 Å². The average Bonchev–Trinajstić information content (AvgIpc) is 2.82. The summed E-state index contributed by atoms with van der Waals surface area (Å²) in [5.41, 5.74) is 2.04. The first-order valence-corrected chi connectivity index (χ1v) is 7.02. The van der Waals surface area contributed by atoms with Crippen molar-refractivity contribution >= 4 is 32.4 Å². The van der Waals surface area contributed by atoms with Gasteiger partial charge in [0, 0.05) is 5.69 Å². The van der Waals surface area contributed by atoms with Crippen molar-refractivity contribution in [2.45, 2.75) is 6.92 Å². The fourth-order valence-electron chi connectivity index (χ4n) is 1.86. The van der Waals surface area contributed by atoms with Gasteiger partial charge in [-0.25, -0.2) is 4.98 Å². The number of benzene rings is 2. The Balaban J connectivity index is 1.89. The Labute approximate surface area is 115 Å². The molecular weight excluding hydrogens is 256 g/mol. The van der Waals surface area contributed by atoms with Crippen molar-refractivity contribution in [3.8, 4) is 5.75 Å². The molecule has 0 bridgehead atoms. The van der Waals surface area contributed by atoms with Gasteiger partial charge in [-0.3, -0.25) is 0 Å². The highest BCUT2D eigenvalue weighted by Gasteiger charge is 2.05. The summed E-state index contributed by atoms with van der Waals surface area (Å²) in [4.78, 5) is 4.56. The third-order valence-corrected chi connectivity index (χ3v) is 3.63. The second-order valence-corrected chi connectivity index (χ2v) is 5.10. The SMILES string of the molecule is CCOc1ccc2nc(Nc3ccccc3)sc2c1. The van der Waals surface area contributed by atoms with Gasteiger partial charge >= 0.3 is 0 Å². The van der Waals surface area contributed by atoms with Gasteiger partial charge in [-0.15, -0.1) is 0 Å². The molecule has 0 saturated heterocycles. The van der Waals surface area contributed by atoms with E-state index in [4.69, 9.17) is 4.74 Å². The van der Waals surface area contributed by atoms with Crippen LogP contribution in [-0.2, 0) is 0 Å². The van der Waals surface area contributed by atoms with Crippen molar-refractivity contribution in [2.24, 2.45) is 0 Å². The molecule has 0 fully saturated rings. The Morgan fingerprint density at radius 3 is 2.79 bits per heavy atom. The first kappa shape index (κ1) is 12.0. The van der Waals surface area contributed by atoms with Gasteiger partial charge in [0.1, 0.15) is 5.75 Å². The molecule has 0 aliphatic heterocycles. The number of fused-ring (bicyclic) bond motifs is 1. The molecule has 3 rings (SSSR count). The lowest BCUT2D eigenvalue weighted by Gasteiger charge is -2.00. The Bertz CT molecular complexity index is 679. The van der Waals surface area contributed by atoms with Crippen LogP contribution in [0.3, 0.4) is 0 Å². The zero-order valence-corrected chi connectivity index (χ0v) is 11.4. The second kappa shape index (κ2) is 5.28. The van der Waals surface area contributed by atoms with E-state index in [9.17, 15) is 0 Å². The highest BCUT2D eigenvalue weighted by atomic mass is 32.1. The van der Waals surface area contributed by atoms with Crippen molar-refractivity contribution < 1.29 is 4.74 Å². The summed E-state index contributed by atoms with van der Waals surface area (Å²) >= 11 is 1.63. The minimum absolute atomic E-state index is 0.680. The molecule has 3 aromatic rings. The minimum Gasteiger partial charge on any atom is -0.494 e. The minimum atomic E-state index is 0.680. The molecule has 3 nitrogen and oxygen atoms in total. The van der Waals surface area contributed by atoms with Crippen LogP contribution in [0.15, 0.2) is 48.5 Å². The van der Waals surface area contributed by atoms with Gasteiger partial charge < -0.3 is 10.1 Å². The van der Waals surface area contributed by atoms with Gasteiger partial charge in [0.25, 0.3) is 0 Å². The van der Waals surface area contributed by atoms with Crippen molar-refractivity contribution in [2.75, 3.05) is 11.9 Å². The van der Waals surface area contributed by atoms with Crippen LogP contribution in [0.4, 0.5) is 10.8 Å². The average molecular weight is 270 g/mol. The molecule has 2 aromatic carbocycles. The molecule has 19 heavy (non-hydrogen) atoms. The molecule has 0 unspecified atom stereocenters. The van der Waals surface area contributed by atoms with Crippen LogP contribution in [0.1, 0.15) is 6.92 Å². The molecule has 1 heterocycles. The zero-order valence-electron chi connectivity index (χ0n) is 10.6. The normalized spacial score (nSPS) is 10.6. The molecule has 0 radical (unpaired) electrons. The maximum absolute atomic E-state index is 5.50. The summed E-state index contributed by atoms with van der Waals surface area (Å²) in [6.07, 6.45) is 0. The van der Waals surface area contributed by atoms with E-state index in [1.165, 1.54) is 0 Å². The molecule has 0 saturated carbocycles. The van der Waals surface area contributed by atoms with E-state index in [2.05, 4.69) is 10.3 Å². The number of ether oxygens (including phenoxy) is 1. The van der Waals surface area contributed by atoms with Gasteiger partial charge in [-0.05, 0) is 37.3 Å². The van der Waals surface area contributed by atoms with Crippen molar-refractivity contribution in [1.29, 1.82) is 0 Å². The van der Waals surface area contributed by atoms with Crippen LogP contribution in [0, 0.1) is 0 Å². The van der Waals surface area contributed by atoms with Gasteiger partial charge in [0.05, 0.1) is 16.8 Å². The number of nitrogens with zero attached hydrogens (tertiary/aromatic N) is 1. The number of aromatic nitrogens is 1. The molecule has 0 aliphatic rings. The van der Waals surface area contributed by atoms with Crippen LogP contribution in [-0.4, -0.2) is 11.6 Å². The summed E-state index contributed by atoms with van der Waals surface area (Å²) in [7, 11) is 0. The standard InChI is InChI=1S/C15H14N2OS/c1-2-18-12-8-9-13-14(10-12)19-15(17-13)16-11-6-4-3-5-7-11/h3-10H,2H2,1H3,(H,16,17). The van der Waals surface area contributed by atoms with Crippen molar-refractivity contribution in [3.63, 3.8) is 0 Å². The number of anilines is 2. The number of nitrogens with one attached hydrogen (secondary N) is 1. The van der Waals surface area contributed by atoms with Gasteiger partial charge in [0.2, 0.25) is 0 Å². The highest BCUT2D eigenvalue weighted by Crippen LogP contribution is 2.30. The molecule has 0 spiro atoms. The van der Waals surface area contributed by atoms with Crippen LogP contribution in [0.5, 0.6) is 5.75 Å². The lowest BCUT2D eigenvalue weighted by Crippen LogP contribution is -1.90. The second-order valence-electron chi connectivity index (χ2n) is 4.07. The zero-order chi connectivity index (χ0) is 13.1. The number of thiazole rings is 1. The molecule has 1 aromatic heterocycles. The van der Waals surface area contributed by atoms with Crippen LogP contribution < -0.4 is 10.1 Å². The third kappa shape index (κ3) is 2.69. The van der Waals surface area contributed by atoms with Gasteiger partial charge in [0.15, 0.2) is 5.13 Å². The van der Waals surface area contributed by atoms with Gasteiger partial charge in [-0.1, -0.05) is 29.5 Å². The van der Waals surface area contributed by atoms with Crippen LogP contribution in [0.2, 0.25) is 0 Å². The lowest BCUT2D eigenvalue weighted by atomic mass is 10.3. The summed E-state index contributed by atoms with van der Waals surface area (Å²) < 4.78 is 6.63. The molecular formula is C15H14N2OS. The summed E-state index contributed by atoms with van der Waals surface area (Å²) in [6.45, 7) is 2.67. The Hall–Kier alpha value is -2.07. The molecule has 0 atom stereocenters. The van der Waals surface area contributed by atoms with E-state index < -0.39 is 0 Å². The van der Waals surface area contributed by atoms with Crippen LogP contribution >= 0.6 is 11.3 Å². The molecule has 1 N–H and O–H groups in total. The maximum atomic E-state index is 5.50. The highest BCUT2D eigenvalue weighted by molar-refractivity contribution is 7.22. The predicted molar refractivity (Wildman–Crippen MR) is 80.5 cm³/mol. The van der Waals surface area contributed by atoms with Crippen molar-refractivity contribution in [3.05, 3.63) is 48.5 Å². The van der Waals surface area contributed by atoms with E-state index in [1.807, 2.05) is 55.5 Å². The third-order valence-electron chi connectivity index (χ3n) is 2.70. The number of rotatable bonds is 4. The smallest absolute Gasteiger partial charge is 0.188 e. The monoisotopic (exact) mass is 270 g/mol. The number of hydrogen-bond acceptors (Lipinski definition) is 4. The lowest BCUT2D eigenvalue weighted by molar-refractivity contribution is 0.341. The Morgan fingerprint density at radius 2 is 2.00 bits per heavy atom. The van der Waals surface area contributed by atoms with E-state index >= 15 is 0 Å². The molecule has 0 aliphatic carbocycles. The van der Waals surface area contributed by atoms with E-state index in [-0.39, 0.29) is 0 Å². The molecule has 96 valence electrons. The molecule has 4 heteroatoms. The largest absolute Gasteiger partial charge is 0.494 e. The summed E-state index contributed by atoms with van der Waals surface area (Å²) in [5.74, 6) is 0.893. The summed E-state index contributed by atoms with van der Waals surface area (Å²) in [5, 5.41) is 4.21. The number of hydrogen-bond donors (Lipinski definition) is 1. The van der Waals surface area contributed by atoms with E-state index in [0.29, 0.717) is 6.61 Å². The number of para-hydroxylation sites is 1. The quantitative estimate of drug-likeness (QED) is 0.761.